The molecule has 0 aromatic heterocycles. The van der Waals surface area contributed by atoms with E-state index in [-0.39, 0.29) is 0 Å². The van der Waals surface area contributed by atoms with Crippen LogP contribution in [0.3, 0.4) is 0 Å². The highest BCUT2D eigenvalue weighted by Gasteiger charge is 2.36. The van der Waals surface area contributed by atoms with E-state index in [1.54, 1.807) is 0 Å². The first-order valence-electron chi connectivity index (χ1n) is 7.67. The molecule has 0 radical (unpaired) electrons. The van der Waals surface area contributed by atoms with Crippen LogP contribution in [0, 0.1) is 0 Å². The molecule has 2 aliphatic rings. The fourth-order valence-electron chi connectivity index (χ4n) is 3.61. The fourth-order valence-corrected chi connectivity index (χ4v) is 3.61. The lowest BCUT2D eigenvalue weighted by atomic mass is 10.0. The van der Waals surface area contributed by atoms with Gasteiger partial charge in [0.25, 0.3) is 0 Å². The zero-order valence-electron chi connectivity index (χ0n) is 12.2. The Labute approximate surface area is 123 Å². The standard InChI is InChI=1S/C16H21F3N2/c1-2-13-10-20-8-4-7-15(20)11-21(13)14-6-3-5-12(9-14)16(17,18)19/h3,5-6,9,13,15H,2,4,7-8,10-11H2,1H3. The summed E-state index contributed by atoms with van der Waals surface area (Å²) in [6.45, 7) is 5.07. The Morgan fingerprint density at radius 3 is 2.76 bits per heavy atom. The molecule has 3 rings (SSSR count). The molecule has 2 fully saturated rings. The van der Waals surface area contributed by atoms with Crippen molar-refractivity contribution in [2.45, 2.75) is 44.4 Å². The van der Waals surface area contributed by atoms with Crippen LogP contribution in [0.2, 0.25) is 0 Å². The number of piperazine rings is 1. The summed E-state index contributed by atoms with van der Waals surface area (Å²) in [6.07, 6.45) is -0.949. The van der Waals surface area contributed by atoms with Gasteiger partial charge >= 0.3 is 6.18 Å². The second-order valence-electron chi connectivity index (χ2n) is 6.05. The third-order valence-electron chi connectivity index (χ3n) is 4.77. The Balaban J connectivity index is 1.87. The Bertz CT molecular complexity index is 501. The van der Waals surface area contributed by atoms with Gasteiger partial charge in [0.2, 0.25) is 0 Å². The van der Waals surface area contributed by atoms with Crippen molar-refractivity contribution in [1.82, 2.24) is 4.90 Å². The summed E-state index contributed by atoms with van der Waals surface area (Å²) in [5.74, 6) is 0. The molecule has 2 saturated heterocycles. The summed E-state index contributed by atoms with van der Waals surface area (Å²) in [7, 11) is 0. The molecule has 2 aliphatic heterocycles. The van der Waals surface area contributed by atoms with Crippen molar-refractivity contribution in [1.29, 1.82) is 0 Å². The minimum absolute atomic E-state index is 0.308. The lowest BCUT2D eigenvalue weighted by molar-refractivity contribution is -0.137. The maximum Gasteiger partial charge on any atom is 0.416 e. The second-order valence-corrected chi connectivity index (χ2v) is 6.05. The smallest absolute Gasteiger partial charge is 0.366 e. The molecule has 2 heterocycles. The number of nitrogens with zero attached hydrogens (tertiary/aromatic N) is 2. The maximum absolute atomic E-state index is 12.9. The van der Waals surface area contributed by atoms with E-state index < -0.39 is 11.7 Å². The third-order valence-corrected chi connectivity index (χ3v) is 4.77. The number of hydrogen-bond donors (Lipinski definition) is 0. The van der Waals surface area contributed by atoms with E-state index in [0.717, 1.165) is 38.5 Å². The van der Waals surface area contributed by atoms with Crippen molar-refractivity contribution in [2.75, 3.05) is 24.5 Å². The van der Waals surface area contributed by atoms with Crippen LogP contribution in [-0.2, 0) is 6.18 Å². The molecule has 5 heteroatoms. The van der Waals surface area contributed by atoms with Gasteiger partial charge in [0.1, 0.15) is 0 Å². The summed E-state index contributed by atoms with van der Waals surface area (Å²) in [6, 6.07) is 6.59. The summed E-state index contributed by atoms with van der Waals surface area (Å²) >= 11 is 0. The van der Waals surface area contributed by atoms with Gasteiger partial charge in [-0.2, -0.15) is 13.2 Å². The van der Waals surface area contributed by atoms with Gasteiger partial charge in [-0.3, -0.25) is 4.90 Å². The number of alkyl halides is 3. The van der Waals surface area contributed by atoms with Crippen LogP contribution in [0.4, 0.5) is 18.9 Å². The maximum atomic E-state index is 12.9. The normalized spacial score (nSPS) is 27.0. The van der Waals surface area contributed by atoms with Gasteiger partial charge in [-0.15, -0.1) is 0 Å². The monoisotopic (exact) mass is 298 g/mol. The van der Waals surface area contributed by atoms with E-state index in [9.17, 15) is 13.2 Å². The van der Waals surface area contributed by atoms with Crippen molar-refractivity contribution >= 4 is 5.69 Å². The van der Waals surface area contributed by atoms with Gasteiger partial charge in [-0.1, -0.05) is 13.0 Å². The van der Waals surface area contributed by atoms with Gasteiger partial charge in [0.05, 0.1) is 5.56 Å². The molecular formula is C16H21F3N2. The molecule has 0 bridgehead atoms. The van der Waals surface area contributed by atoms with Crippen molar-refractivity contribution < 1.29 is 13.2 Å². The molecule has 2 atom stereocenters. The highest BCUT2D eigenvalue weighted by molar-refractivity contribution is 5.51. The largest absolute Gasteiger partial charge is 0.416 e. The highest BCUT2D eigenvalue weighted by Crippen LogP contribution is 2.34. The predicted octanol–water partition coefficient (Wildman–Crippen LogP) is 3.77. The van der Waals surface area contributed by atoms with E-state index >= 15 is 0 Å². The molecule has 0 amide bonds. The van der Waals surface area contributed by atoms with Crippen LogP contribution in [0.5, 0.6) is 0 Å². The first kappa shape index (κ1) is 14.7. The van der Waals surface area contributed by atoms with Gasteiger partial charge in [-0.25, -0.2) is 0 Å². The van der Waals surface area contributed by atoms with Gasteiger partial charge in [0.15, 0.2) is 0 Å². The zero-order valence-corrected chi connectivity index (χ0v) is 12.2. The average Bonchev–Trinajstić information content (AvgIpc) is 2.92. The van der Waals surface area contributed by atoms with E-state index in [1.807, 2.05) is 6.07 Å². The molecule has 2 nitrogen and oxygen atoms in total. The first-order chi connectivity index (χ1) is 9.99. The Morgan fingerprint density at radius 2 is 2.05 bits per heavy atom. The zero-order chi connectivity index (χ0) is 15.0. The summed E-state index contributed by atoms with van der Waals surface area (Å²) in [5.41, 5.74) is 0.159. The van der Waals surface area contributed by atoms with Crippen LogP contribution in [-0.4, -0.2) is 36.6 Å². The van der Waals surface area contributed by atoms with Gasteiger partial charge in [-0.05, 0) is 44.0 Å². The SMILES string of the molecule is CCC1CN2CCCC2CN1c1cccc(C(F)(F)F)c1. The van der Waals surface area contributed by atoms with E-state index in [1.165, 1.54) is 18.6 Å². The van der Waals surface area contributed by atoms with Crippen LogP contribution in [0.25, 0.3) is 0 Å². The lowest BCUT2D eigenvalue weighted by Crippen LogP contribution is -2.56. The van der Waals surface area contributed by atoms with Crippen molar-refractivity contribution in [2.24, 2.45) is 0 Å². The molecule has 21 heavy (non-hydrogen) atoms. The molecule has 2 unspecified atom stereocenters. The number of halogens is 3. The molecule has 0 saturated carbocycles. The minimum atomic E-state index is -4.27. The molecule has 116 valence electrons. The molecule has 0 aliphatic carbocycles. The minimum Gasteiger partial charge on any atom is -0.366 e. The molecule has 0 spiro atoms. The Hall–Kier alpha value is -1.23. The topological polar surface area (TPSA) is 6.48 Å². The van der Waals surface area contributed by atoms with Gasteiger partial charge < -0.3 is 4.90 Å². The number of fused-ring (bicyclic) bond motifs is 1. The summed E-state index contributed by atoms with van der Waals surface area (Å²) < 4.78 is 38.7. The first-order valence-corrected chi connectivity index (χ1v) is 7.67. The number of rotatable bonds is 2. The molecule has 0 N–H and O–H groups in total. The molecular weight excluding hydrogens is 277 g/mol. The second kappa shape index (κ2) is 5.52. The van der Waals surface area contributed by atoms with Crippen LogP contribution in [0.1, 0.15) is 31.7 Å². The van der Waals surface area contributed by atoms with Crippen molar-refractivity contribution in [3.05, 3.63) is 29.8 Å². The third kappa shape index (κ3) is 2.89. The molecule has 1 aromatic rings. The van der Waals surface area contributed by atoms with Crippen LogP contribution >= 0.6 is 0 Å². The quantitative estimate of drug-likeness (QED) is 0.820. The number of hydrogen-bond acceptors (Lipinski definition) is 2. The summed E-state index contributed by atoms with van der Waals surface area (Å²) in [5, 5.41) is 0. The Morgan fingerprint density at radius 1 is 1.24 bits per heavy atom. The van der Waals surface area contributed by atoms with Crippen molar-refractivity contribution in [3.63, 3.8) is 0 Å². The Kier molecular flexibility index (Phi) is 3.86. The summed E-state index contributed by atoms with van der Waals surface area (Å²) in [4.78, 5) is 4.68. The van der Waals surface area contributed by atoms with Crippen molar-refractivity contribution in [3.8, 4) is 0 Å². The van der Waals surface area contributed by atoms with Crippen LogP contribution in [0.15, 0.2) is 24.3 Å². The van der Waals surface area contributed by atoms with Crippen LogP contribution < -0.4 is 4.90 Å². The highest BCUT2D eigenvalue weighted by atomic mass is 19.4. The van der Waals surface area contributed by atoms with Gasteiger partial charge in [0, 0.05) is 30.9 Å². The lowest BCUT2D eigenvalue weighted by Gasteiger charge is -2.45. The average molecular weight is 298 g/mol. The number of benzene rings is 1. The van der Waals surface area contributed by atoms with E-state index in [0.29, 0.717) is 17.8 Å². The van der Waals surface area contributed by atoms with E-state index in [4.69, 9.17) is 0 Å². The fraction of sp³-hybridized carbons (Fsp3) is 0.625. The van der Waals surface area contributed by atoms with E-state index in [2.05, 4.69) is 16.7 Å². The molecule has 1 aromatic carbocycles. The predicted molar refractivity (Wildman–Crippen MR) is 77.5 cm³/mol. The number of anilines is 1.